The zero-order valence-corrected chi connectivity index (χ0v) is 14.1. The Kier molecular flexibility index (Phi) is 3.83. The second kappa shape index (κ2) is 5.63. The summed E-state index contributed by atoms with van der Waals surface area (Å²) in [5.41, 5.74) is 2.77. The number of alkyl halides is 2. The fourth-order valence-electron chi connectivity index (χ4n) is 2.21. The Morgan fingerprint density at radius 3 is 2.43 bits per heavy atom. The van der Waals surface area contributed by atoms with E-state index in [2.05, 4.69) is 47.9 Å². The van der Waals surface area contributed by atoms with Crippen LogP contribution in [0.3, 0.4) is 0 Å². The van der Waals surface area contributed by atoms with Crippen LogP contribution in [0.1, 0.15) is 16.2 Å². The molecule has 0 radical (unpaired) electrons. The predicted octanol–water partition coefficient (Wildman–Crippen LogP) is 4.81. The van der Waals surface area contributed by atoms with Crippen LogP contribution in [0.25, 0.3) is 11.0 Å². The number of fused-ring (bicyclic) bond motifs is 1. The summed E-state index contributed by atoms with van der Waals surface area (Å²) in [7, 11) is 0. The Hall–Kier alpha value is -1.64. The average molecular weight is 405 g/mol. The number of aromatic amines is 1. The van der Waals surface area contributed by atoms with Gasteiger partial charge in [0.15, 0.2) is 4.32 Å². The van der Waals surface area contributed by atoms with Crippen LogP contribution in [-0.2, 0) is 4.32 Å². The van der Waals surface area contributed by atoms with E-state index in [1.165, 1.54) is 0 Å². The van der Waals surface area contributed by atoms with Gasteiger partial charge in [-0.05, 0) is 17.7 Å². The molecule has 1 aromatic heterocycles. The number of hydrogen-bond donors (Lipinski definition) is 1. The van der Waals surface area contributed by atoms with Gasteiger partial charge in [-0.2, -0.15) is 5.26 Å². The minimum absolute atomic E-state index is 0.225. The summed E-state index contributed by atoms with van der Waals surface area (Å²) in [6, 6.07) is 19.9. The number of nitrogens with one attached hydrogen (secondary N) is 1. The molecule has 3 rings (SSSR count). The van der Waals surface area contributed by atoms with Crippen LogP contribution in [0.2, 0.25) is 0 Å². The molecular weight excluding hydrogens is 394 g/mol. The van der Waals surface area contributed by atoms with Crippen molar-refractivity contribution in [3.05, 3.63) is 66.0 Å². The SMILES string of the molecule is N#C[C@@](Br)(c1nc2ccccc2[nH]1)[C@H](Br)c1ccccc1. The van der Waals surface area contributed by atoms with E-state index in [-0.39, 0.29) is 4.83 Å². The molecule has 0 aliphatic carbocycles. The minimum Gasteiger partial charge on any atom is -0.340 e. The molecule has 0 aliphatic rings. The largest absolute Gasteiger partial charge is 0.340 e. The number of nitriles is 1. The van der Waals surface area contributed by atoms with E-state index in [4.69, 9.17) is 0 Å². The first-order valence-corrected chi connectivity index (χ1v) is 8.10. The summed E-state index contributed by atoms with van der Waals surface area (Å²) >= 11 is 7.20. The Morgan fingerprint density at radius 1 is 1.10 bits per heavy atom. The van der Waals surface area contributed by atoms with Crippen LogP contribution >= 0.6 is 31.9 Å². The molecular formula is C16H11Br2N3. The summed E-state index contributed by atoms with van der Waals surface area (Å²) < 4.78 is -0.965. The first-order chi connectivity index (χ1) is 10.1. The number of aromatic nitrogens is 2. The number of rotatable bonds is 3. The summed E-state index contributed by atoms with van der Waals surface area (Å²) in [6.07, 6.45) is 0. The zero-order chi connectivity index (χ0) is 14.9. The normalized spacial score (nSPS) is 15.3. The number of para-hydroxylation sites is 2. The lowest BCUT2D eigenvalue weighted by atomic mass is 9.99. The Morgan fingerprint density at radius 2 is 1.76 bits per heavy atom. The van der Waals surface area contributed by atoms with Crippen molar-refractivity contribution in [1.29, 1.82) is 5.26 Å². The van der Waals surface area contributed by atoms with Crippen LogP contribution in [0.4, 0.5) is 0 Å². The Balaban J connectivity index is 2.09. The van der Waals surface area contributed by atoms with Gasteiger partial charge in [-0.25, -0.2) is 4.98 Å². The lowest BCUT2D eigenvalue weighted by molar-refractivity contribution is 0.738. The summed E-state index contributed by atoms with van der Waals surface area (Å²) in [5, 5.41) is 9.71. The second-order valence-corrected chi connectivity index (χ2v) is 6.87. The third-order valence-corrected chi connectivity index (χ3v) is 6.18. The van der Waals surface area contributed by atoms with Gasteiger partial charge in [-0.3, -0.25) is 0 Å². The van der Waals surface area contributed by atoms with Gasteiger partial charge in [-0.15, -0.1) is 0 Å². The van der Waals surface area contributed by atoms with Gasteiger partial charge in [0.1, 0.15) is 5.82 Å². The lowest BCUT2D eigenvalue weighted by Crippen LogP contribution is -2.23. The van der Waals surface area contributed by atoms with E-state index in [1.54, 1.807) is 0 Å². The fourth-order valence-corrected chi connectivity index (χ4v) is 3.28. The number of imidazole rings is 1. The van der Waals surface area contributed by atoms with Gasteiger partial charge >= 0.3 is 0 Å². The van der Waals surface area contributed by atoms with Gasteiger partial charge in [0.25, 0.3) is 0 Å². The van der Waals surface area contributed by atoms with Crippen LogP contribution in [0.15, 0.2) is 54.6 Å². The minimum atomic E-state index is -0.965. The summed E-state index contributed by atoms with van der Waals surface area (Å²) in [6.45, 7) is 0. The van der Waals surface area contributed by atoms with Crippen LogP contribution < -0.4 is 0 Å². The van der Waals surface area contributed by atoms with E-state index in [9.17, 15) is 5.26 Å². The van der Waals surface area contributed by atoms with Crippen molar-refractivity contribution in [2.24, 2.45) is 0 Å². The molecule has 2 aromatic carbocycles. The highest BCUT2D eigenvalue weighted by Gasteiger charge is 2.41. The molecule has 0 bridgehead atoms. The van der Waals surface area contributed by atoms with Crippen molar-refractivity contribution in [3.8, 4) is 6.07 Å². The van der Waals surface area contributed by atoms with Crippen molar-refractivity contribution in [3.63, 3.8) is 0 Å². The number of hydrogen-bond acceptors (Lipinski definition) is 2. The highest BCUT2D eigenvalue weighted by molar-refractivity contribution is 9.12. The highest BCUT2D eigenvalue weighted by atomic mass is 79.9. The van der Waals surface area contributed by atoms with E-state index >= 15 is 0 Å². The van der Waals surface area contributed by atoms with Crippen LogP contribution in [0.5, 0.6) is 0 Å². The number of benzene rings is 2. The standard InChI is InChI=1S/C16H11Br2N3/c17-14(11-6-2-1-3-7-11)16(18,10-19)15-20-12-8-4-5-9-13(12)21-15/h1-9,14H,(H,20,21)/t14-,16+/m1/s1. The summed E-state index contributed by atoms with van der Waals surface area (Å²) in [5.74, 6) is 0.594. The van der Waals surface area contributed by atoms with Crippen LogP contribution in [0, 0.1) is 11.3 Å². The van der Waals surface area contributed by atoms with E-state index in [1.807, 2.05) is 54.6 Å². The van der Waals surface area contributed by atoms with Crippen molar-refractivity contribution in [1.82, 2.24) is 9.97 Å². The van der Waals surface area contributed by atoms with E-state index in [0.29, 0.717) is 5.82 Å². The van der Waals surface area contributed by atoms with Crippen LogP contribution in [-0.4, -0.2) is 9.97 Å². The van der Waals surface area contributed by atoms with E-state index in [0.717, 1.165) is 16.6 Å². The third-order valence-electron chi connectivity index (χ3n) is 3.34. The molecule has 0 unspecified atom stereocenters. The number of H-pyrrole nitrogens is 1. The molecule has 3 aromatic rings. The Bertz CT molecular complexity index is 774. The molecule has 1 heterocycles. The molecule has 1 N–H and O–H groups in total. The predicted molar refractivity (Wildman–Crippen MR) is 90.4 cm³/mol. The molecule has 0 saturated carbocycles. The molecule has 0 aliphatic heterocycles. The lowest BCUT2D eigenvalue weighted by Gasteiger charge is -2.23. The topological polar surface area (TPSA) is 52.5 Å². The molecule has 0 spiro atoms. The molecule has 2 atom stereocenters. The van der Waals surface area contributed by atoms with Gasteiger partial charge in [0.05, 0.1) is 21.9 Å². The van der Waals surface area contributed by atoms with Gasteiger partial charge in [-0.1, -0.05) is 74.3 Å². The van der Waals surface area contributed by atoms with Gasteiger partial charge < -0.3 is 4.98 Å². The second-order valence-electron chi connectivity index (χ2n) is 4.70. The summed E-state index contributed by atoms with van der Waals surface area (Å²) in [4.78, 5) is 7.55. The van der Waals surface area contributed by atoms with Crippen molar-refractivity contribution >= 4 is 42.9 Å². The average Bonchev–Trinajstić information content (AvgIpc) is 2.98. The molecule has 0 saturated heterocycles. The molecule has 104 valence electrons. The van der Waals surface area contributed by atoms with Crippen molar-refractivity contribution < 1.29 is 0 Å². The molecule has 21 heavy (non-hydrogen) atoms. The van der Waals surface area contributed by atoms with E-state index < -0.39 is 4.32 Å². The quantitative estimate of drug-likeness (QED) is 0.636. The third kappa shape index (κ3) is 2.50. The smallest absolute Gasteiger partial charge is 0.185 e. The van der Waals surface area contributed by atoms with Crippen molar-refractivity contribution in [2.75, 3.05) is 0 Å². The first-order valence-electron chi connectivity index (χ1n) is 6.39. The number of halogens is 2. The van der Waals surface area contributed by atoms with Gasteiger partial charge in [0, 0.05) is 0 Å². The molecule has 0 fully saturated rings. The zero-order valence-electron chi connectivity index (χ0n) is 10.9. The first kappa shape index (κ1) is 14.3. The maximum Gasteiger partial charge on any atom is 0.185 e. The fraction of sp³-hybridized carbons (Fsp3) is 0.125. The monoisotopic (exact) mass is 403 g/mol. The highest BCUT2D eigenvalue weighted by Crippen LogP contribution is 2.47. The number of nitrogens with zero attached hydrogens (tertiary/aromatic N) is 2. The molecule has 5 heteroatoms. The maximum atomic E-state index is 9.71. The molecule has 0 amide bonds. The molecule has 3 nitrogen and oxygen atoms in total. The Labute approximate surface area is 139 Å². The van der Waals surface area contributed by atoms with Crippen molar-refractivity contribution in [2.45, 2.75) is 9.15 Å². The maximum absolute atomic E-state index is 9.71. The van der Waals surface area contributed by atoms with Gasteiger partial charge in [0.2, 0.25) is 0 Å².